The maximum absolute atomic E-state index is 12.9. The van der Waals surface area contributed by atoms with Crippen molar-refractivity contribution in [3.8, 4) is 11.1 Å². The molecule has 0 heterocycles. The van der Waals surface area contributed by atoms with Gasteiger partial charge in [0.15, 0.2) is 0 Å². The van der Waals surface area contributed by atoms with Gasteiger partial charge in [0.05, 0.1) is 5.56 Å². The van der Waals surface area contributed by atoms with Gasteiger partial charge in [-0.25, -0.2) is 0 Å². The number of benzene rings is 3. The molecule has 0 aromatic heterocycles. The second kappa shape index (κ2) is 8.41. The average molecular weight is 412 g/mol. The van der Waals surface area contributed by atoms with Crippen molar-refractivity contribution < 1.29 is 22.8 Å². The quantitative estimate of drug-likeness (QED) is 0.561. The number of carbonyl (C=O) groups is 2. The van der Waals surface area contributed by atoms with E-state index >= 15 is 0 Å². The maximum atomic E-state index is 12.9. The Hall–Kier alpha value is -3.61. The third-order valence-corrected chi connectivity index (χ3v) is 4.50. The first-order chi connectivity index (χ1) is 14.1. The summed E-state index contributed by atoms with van der Waals surface area (Å²) in [5.74, 6) is -0.641. The van der Waals surface area contributed by atoms with Gasteiger partial charge in [-0.2, -0.15) is 13.2 Å². The molecule has 0 aliphatic carbocycles. The minimum atomic E-state index is -4.42. The molecule has 4 nitrogen and oxygen atoms in total. The molecule has 3 aromatic carbocycles. The van der Waals surface area contributed by atoms with Gasteiger partial charge < -0.3 is 10.6 Å². The van der Waals surface area contributed by atoms with Gasteiger partial charge in [-0.15, -0.1) is 0 Å². The molecule has 7 heteroatoms. The summed E-state index contributed by atoms with van der Waals surface area (Å²) in [4.78, 5) is 24.2. The van der Waals surface area contributed by atoms with E-state index in [4.69, 9.17) is 0 Å². The van der Waals surface area contributed by atoms with E-state index in [1.165, 1.54) is 19.1 Å². The Morgan fingerprint density at radius 2 is 1.53 bits per heavy atom. The van der Waals surface area contributed by atoms with Crippen LogP contribution in [-0.4, -0.2) is 11.8 Å². The largest absolute Gasteiger partial charge is 0.416 e. The highest BCUT2D eigenvalue weighted by atomic mass is 19.4. The van der Waals surface area contributed by atoms with Gasteiger partial charge in [0.1, 0.15) is 0 Å². The molecular weight excluding hydrogens is 393 g/mol. The fraction of sp³-hybridized carbons (Fsp3) is 0.130. The summed E-state index contributed by atoms with van der Waals surface area (Å²) in [5, 5.41) is 5.47. The zero-order valence-corrected chi connectivity index (χ0v) is 16.3. The lowest BCUT2D eigenvalue weighted by Gasteiger charge is -2.13. The summed E-state index contributed by atoms with van der Waals surface area (Å²) in [7, 11) is 0. The number of hydrogen-bond acceptors (Lipinski definition) is 2. The minimum Gasteiger partial charge on any atom is -0.326 e. The number of aryl methyl sites for hydroxylation is 1. The zero-order chi connectivity index (χ0) is 21.9. The standard InChI is InChI=1S/C23H19F3N2O2/c1-14-7-12-18(13-21(14)27-15(2)29)28-22(30)20-6-4-3-5-19(20)16-8-10-17(11-9-16)23(24,25)26/h3-13H,1-2H3,(H,27,29)(H,28,30). The summed E-state index contributed by atoms with van der Waals surface area (Å²) < 4.78 is 38.5. The molecule has 0 saturated carbocycles. The summed E-state index contributed by atoms with van der Waals surface area (Å²) >= 11 is 0. The van der Waals surface area contributed by atoms with Crippen LogP contribution in [0.4, 0.5) is 24.5 Å². The highest BCUT2D eigenvalue weighted by Gasteiger charge is 2.30. The molecule has 2 amide bonds. The van der Waals surface area contributed by atoms with Crippen molar-refractivity contribution in [1.82, 2.24) is 0 Å². The number of halogens is 3. The summed E-state index contributed by atoms with van der Waals surface area (Å²) in [5.41, 5.74) is 2.48. The van der Waals surface area contributed by atoms with Crippen LogP contribution < -0.4 is 10.6 Å². The van der Waals surface area contributed by atoms with Crippen molar-refractivity contribution in [2.75, 3.05) is 10.6 Å². The van der Waals surface area contributed by atoms with Crippen molar-refractivity contribution in [3.05, 3.63) is 83.4 Å². The molecule has 0 fully saturated rings. The summed E-state index contributed by atoms with van der Waals surface area (Å²) in [6, 6.07) is 16.5. The predicted octanol–water partition coefficient (Wildman–Crippen LogP) is 5.89. The molecule has 0 spiro atoms. The molecule has 3 aromatic rings. The molecule has 0 bridgehead atoms. The Morgan fingerprint density at radius 3 is 2.17 bits per heavy atom. The van der Waals surface area contributed by atoms with Gasteiger partial charge >= 0.3 is 6.18 Å². The van der Waals surface area contributed by atoms with Crippen molar-refractivity contribution in [3.63, 3.8) is 0 Å². The molecule has 0 unspecified atom stereocenters. The Labute approximate surface area is 171 Å². The van der Waals surface area contributed by atoms with Crippen LogP contribution >= 0.6 is 0 Å². The van der Waals surface area contributed by atoms with Gasteiger partial charge in [-0.1, -0.05) is 36.4 Å². The van der Waals surface area contributed by atoms with E-state index in [2.05, 4.69) is 10.6 Å². The molecule has 0 atom stereocenters. The normalized spacial score (nSPS) is 11.1. The van der Waals surface area contributed by atoms with E-state index < -0.39 is 17.6 Å². The summed E-state index contributed by atoms with van der Waals surface area (Å²) in [6.07, 6.45) is -4.42. The molecular formula is C23H19F3N2O2. The van der Waals surface area contributed by atoms with Crippen LogP contribution in [0.1, 0.15) is 28.4 Å². The highest BCUT2D eigenvalue weighted by molar-refractivity contribution is 6.09. The van der Waals surface area contributed by atoms with Crippen LogP contribution in [0, 0.1) is 6.92 Å². The van der Waals surface area contributed by atoms with Crippen LogP contribution in [0.15, 0.2) is 66.7 Å². The molecule has 2 N–H and O–H groups in total. The van der Waals surface area contributed by atoms with Crippen molar-refractivity contribution in [1.29, 1.82) is 0 Å². The molecule has 0 aliphatic rings. The number of carbonyl (C=O) groups excluding carboxylic acids is 2. The van der Waals surface area contributed by atoms with Gasteiger partial charge in [0, 0.05) is 23.9 Å². The third kappa shape index (κ3) is 4.86. The molecule has 0 aliphatic heterocycles. The Bertz CT molecular complexity index is 1090. The number of rotatable bonds is 4. The fourth-order valence-corrected chi connectivity index (χ4v) is 2.99. The molecule has 0 saturated heterocycles. The maximum Gasteiger partial charge on any atom is 0.416 e. The van der Waals surface area contributed by atoms with Crippen molar-refractivity contribution in [2.45, 2.75) is 20.0 Å². The number of nitrogens with one attached hydrogen (secondary N) is 2. The van der Waals surface area contributed by atoms with Gasteiger partial charge in [0.2, 0.25) is 5.91 Å². The van der Waals surface area contributed by atoms with Gasteiger partial charge in [-0.05, 0) is 53.9 Å². The van der Waals surface area contributed by atoms with E-state index in [9.17, 15) is 22.8 Å². The first-order valence-electron chi connectivity index (χ1n) is 9.11. The van der Waals surface area contributed by atoms with Crippen LogP contribution in [0.3, 0.4) is 0 Å². The smallest absolute Gasteiger partial charge is 0.326 e. The number of amides is 2. The van der Waals surface area contributed by atoms with Crippen LogP contribution in [-0.2, 0) is 11.0 Å². The number of hydrogen-bond donors (Lipinski definition) is 2. The second-order valence-electron chi connectivity index (χ2n) is 6.79. The summed E-state index contributed by atoms with van der Waals surface area (Å²) in [6.45, 7) is 3.22. The lowest BCUT2D eigenvalue weighted by atomic mass is 9.98. The Kier molecular flexibility index (Phi) is 5.91. The van der Waals surface area contributed by atoms with Gasteiger partial charge in [-0.3, -0.25) is 9.59 Å². The van der Waals surface area contributed by atoms with Crippen molar-refractivity contribution >= 4 is 23.2 Å². The van der Waals surface area contributed by atoms with Crippen molar-refractivity contribution in [2.24, 2.45) is 0 Å². The lowest BCUT2D eigenvalue weighted by Crippen LogP contribution is -2.14. The topological polar surface area (TPSA) is 58.2 Å². The SMILES string of the molecule is CC(=O)Nc1cc(NC(=O)c2ccccc2-c2ccc(C(F)(F)F)cc2)ccc1C. The number of alkyl halides is 3. The van der Waals surface area contributed by atoms with Crippen LogP contribution in [0.25, 0.3) is 11.1 Å². The Balaban J connectivity index is 1.89. The van der Waals surface area contributed by atoms with E-state index in [1.54, 1.807) is 42.5 Å². The first-order valence-corrected chi connectivity index (χ1v) is 9.11. The first kappa shape index (κ1) is 21.1. The van der Waals surface area contributed by atoms with E-state index in [0.717, 1.165) is 17.7 Å². The second-order valence-corrected chi connectivity index (χ2v) is 6.79. The average Bonchev–Trinajstić information content (AvgIpc) is 2.69. The third-order valence-electron chi connectivity index (χ3n) is 4.50. The van der Waals surface area contributed by atoms with Crippen LogP contribution in [0.2, 0.25) is 0 Å². The highest BCUT2D eigenvalue weighted by Crippen LogP contribution is 2.32. The van der Waals surface area contributed by atoms with E-state index in [0.29, 0.717) is 28.1 Å². The number of anilines is 2. The van der Waals surface area contributed by atoms with Crippen LogP contribution in [0.5, 0.6) is 0 Å². The van der Waals surface area contributed by atoms with Gasteiger partial charge in [0.25, 0.3) is 5.91 Å². The predicted molar refractivity (Wildman–Crippen MR) is 110 cm³/mol. The fourth-order valence-electron chi connectivity index (χ4n) is 2.99. The molecule has 3 rings (SSSR count). The minimum absolute atomic E-state index is 0.228. The van der Waals surface area contributed by atoms with E-state index in [1.807, 2.05) is 6.92 Å². The zero-order valence-electron chi connectivity index (χ0n) is 16.3. The monoisotopic (exact) mass is 412 g/mol. The Morgan fingerprint density at radius 1 is 0.867 bits per heavy atom. The lowest BCUT2D eigenvalue weighted by molar-refractivity contribution is -0.137. The molecule has 154 valence electrons. The molecule has 30 heavy (non-hydrogen) atoms. The molecule has 0 radical (unpaired) electrons. The van der Waals surface area contributed by atoms with E-state index in [-0.39, 0.29) is 5.91 Å².